The number of benzene rings is 1. The molecule has 17 heavy (non-hydrogen) atoms. The second-order valence-electron chi connectivity index (χ2n) is 3.56. The van der Waals surface area contributed by atoms with Crippen molar-refractivity contribution in [1.29, 1.82) is 5.26 Å². The van der Waals surface area contributed by atoms with Crippen LogP contribution in [0.2, 0.25) is 0 Å². The van der Waals surface area contributed by atoms with Gasteiger partial charge in [0.05, 0.1) is 11.3 Å². The van der Waals surface area contributed by atoms with Crippen LogP contribution in [0, 0.1) is 18.3 Å². The fourth-order valence-corrected chi connectivity index (χ4v) is 2.41. The van der Waals surface area contributed by atoms with Gasteiger partial charge in [0.1, 0.15) is 11.1 Å². The highest BCUT2D eigenvalue weighted by Crippen LogP contribution is 2.34. The zero-order chi connectivity index (χ0) is 12.3. The largest absolute Gasteiger partial charge is 0.397 e. The van der Waals surface area contributed by atoms with E-state index < -0.39 is 0 Å². The summed E-state index contributed by atoms with van der Waals surface area (Å²) in [5, 5.41) is 9.81. The topological polar surface area (TPSA) is 62.7 Å². The van der Waals surface area contributed by atoms with Crippen molar-refractivity contribution in [2.24, 2.45) is 0 Å². The van der Waals surface area contributed by atoms with Gasteiger partial charge in [-0.1, -0.05) is 23.9 Å². The monoisotopic (exact) mass is 241 g/mol. The highest BCUT2D eigenvalue weighted by atomic mass is 32.2. The number of nitrogens with zero attached hydrogens (tertiary/aromatic N) is 2. The normalized spacial score (nSPS) is 9.88. The van der Waals surface area contributed by atoms with Gasteiger partial charge < -0.3 is 5.73 Å². The predicted octanol–water partition coefficient (Wildman–Crippen LogP) is 3.00. The molecule has 0 saturated heterocycles. The van der Waals surface area contributed by atoms with Gasteiger partial charge in [0.25, 0.3) is 0 Å². The summed E-state index contributed by atoms with van der Waals surface area (Å²) in [4.78, 5) is 5.14. The number of nitrogens with two attached hydrogens (primary N) is 1. The molecule has 1 aromatic heterocycles. The van der Waals surface area contributed by atoms with Gasteiger partial charge in [-0.25, -0.2) is 4.98 Å². The third kappa shape index (κ3) is 2.40. The molecule has 4 heteroatoms. The molecule has 0 aliphatic rings. The molecule has 3 nitrogen and oxygen atoms in total. The van der Waals surface area contributed by atoms with Gasteiger partial charge in [0, 0.05) is 11.1 Å². The Morgan fingerprint density at radius 1 is 1.29 bits per heavy atom. The van der Waals surface area contributed by atoms with Crippen LogP contribution in [0.5, 0.6) is 0 Å². The van der Waals surface area contributed by atoms with Gasteiger partial charge in [-0.15, -0.1) is 0 Å². The van der Waals surface area contributed by atoms with Gasteiger partial charge >= 0.3 is 0 Å². The Hall–Kier alpha value is -1.99. The average molecular weight is 241 g/mol. The molecule has 2 aromatic rings. The molecule has 0 aliphatic heterocycles. The summed E-state index contributed by atoms with van der Waals surface area (Å²) in [6.07, 6.45) is 1.70. The molecular formula is C13H11N3S. The molecule has 1 heterocycles. The van der Waals surface area contributed by atoms with Crippen LogP contribution in [0.1, 0.15) is 11.1 Å². The Labute approximate surface area is 104 Å². The van der Waals surface area contributed by atoms with E-state index in [4.69, 9.17) is 11.0 Å². The molecule has 2 rings (SSSR count). The van der Waals surface area contributed by atoms with Crippen molar-refractivity contribution in [2.75, 3.05) is 5.73 Å². The van der Waals surface area contributed by atoms with Crippen LogP contribution in [-0.2, 0) is 0 Å². The quantitative estimate of drug-likeness (QED) is 0.878. The minimum absolute atomic E-state index is 0.629. The Kier molecular flexibility index (Phi) is 3.31. The van der Waals surface area contributed by atoms with E-state index in [9.17, 15) is 0 Å². The summed E-state index contributed by atoms with van der Waals surface area (Å²) >= 11 is 1.43. The van der Waals surface area contributed by atoms with E-state index in [2.05, 4.69) is 11.1 Å². The van der Waals surface area contributed by atoms with Gasteiger partial charge in [0.15, 0.2) is 0 Å². The lowest BCUT2D eigenvalue weighted by Gasteiger charge is -2.08. The zero-order valence-corrected chi connectivity index (χ0v) is 10.2. The summed E-state index contributed by atoms with van der Waals surface area (Å²) in [7, 11) is 0. The number of hydrogen-bond acceptors (Lipinski definition) is 4. The maximum Gasteiger partial charge on any atom is 0.124 e. The SMILES string of the molecule is Cc1cccc(C#N)c1Sc1ncccc1N. The fourth-order valence-electron chi connectivity index (χ4n) is 1.46. The number of anilines is 1. The molecule has 0 aliphatic carbocycles. The maximum absolute atomic E-state index is 9.08. The summed E-state index contributed by atoms with van der Waals surface area (Å²) < 4.78 is 0. The van der Waals surface area contributed by atoms with E-state index >= 15 is 0 Å². The molecule has 0 spiro atoms. The first kappa shape index (κ1) is 11.5. The van der Waals surface area contributed by atoms with Crippen molar-refractivity contribution in [3.63, 3.8) is 0 Å². The van der Waals surface area contributed by atoms with Gasteiger partial charge in [-0.2, -0.15) is 5.26 Å². The van der Waals surface area contributed by atoms with Crippen LogP contribution >= 0.6 is 11.8 Å². The molecule has 0 unspecified atom stereocenters. The number of rotatable bonds is 2. The molecule has 0 fully saturated rings. The number of nitriles is 1. The molecule has 2 N–H and O–H groups in total. The number of pyridine rings is 1. The van der Waals surface area contributed by atoms with E-state index in [-0.39, 0.29) is 0 Å². The standard InChI is InChI=1S/C13H11N3S/c1-9-4-2-5-10(8-14)12(9)17-13-11(15)6-3-7-16-13/h2-7H,15H2,1H3. The molecule has 0 radical (unpaired) electrons. The summed E-state index contributed by atoms with van der Waals surface area (Å²) in [5.74, 6) is 0. The number of hydrogen-bond donors (Lipinski definition) is 1. The second-order valence-corrected chi connectivity index (χ2v) is 4.56. The Balaban J connectivity index is 2.44. The smallest absolute Gasteiger partial charge is 0.124 e. The first-order chi connectivity index (χ1) is 8.22. The number of aryl methyl sites for hydroxylation is 1. The average Bonchev–Trinajstić information content (AvgIpc) is 2.34. The number of nitrogen functional groups attached to an aromatic ring is 1. The van der Waals surface area contributed by atoms with Gasteiger partial charge in [-0.3, -0.25) is 0 Å². The lowest BCUT2D eigenvalue weighted by Crippen LogP contribution is -1.92. The Bertz CT molecular complexity index is 587. The first-order valence-electron chi connectivity index (χ1n) is 5.10. The van der Waals surface area contributed by atoms with Crippen molar-refractivity contribution in [3.8, 4) is 6.07 Å². The molecule has 0 amide bonds. The summed E-state index contributed by atoms with van der Waals surface area (Å²) in [5.41, 5.74) is 8.18. The third-order valence-electron chi connectivity index (χ3n) is 2.33. The molecule has 84 valence electrons. The van der Waals surface area contributed by atoms with E-state index in [1.54, 1.807) is 24.4 Å². The molecule has 1 aromatic carbocycles. The van der Waals surface area contributed by atoms with Crippen LogP contribution in [0.15, 0.2) is 46.5 Å². The van der Waals surface area contributed by atoms with Gasteiger partial charge in [0.2, 0.25) is 0 Å². The van der Waals surface area contributed by atoms with Crippen molar-refractivity contribution < 1.29 is 0 Å². The van der Waals surface area contributed by atoms with E-state index in [0.29, 0.717) is 11.3 Å². The highest BCUT2D eigenvalue weighted by molar-refractivity contribution is 7.99. The van der Waals surface area contributed by atoms with Crippen LogP contribution in [0.25, 0.3) is 0 Å². The summed E-state index contributed by atoms with van der Waals surface area (Å²) in [6.45, 7) is 1.97. The van der Waals surface area contributed by atoms with E-state index in [1.807, 2.05) is 19.1 Å². The Morgan fingerprint density at radius 2 is 2.12 bits per heavy atom. The molecule has 0 atom stereocenters. The van der Waals surface area contributed by atoms with E-state index in [0.717, 1.165) is 15.5 Å². The van der Waals surface area contributed by atoms with Crippen molar-refractivity contribution in [2.45, 2.75) is 16.8 Å². The van der Waals surface area contributed by atoms with Crippen molar-refractivity contribution in [1.82, 2.24) is 4.98 Å². The first-order valence-corrected chi connectivity index (χ1v) is 5.92. The lowest BCUT2D eigenvalue weighted by molar-refractivity contribution is 1.13. The highest BCUT2D eigenvalue weighted by Gasteiger charge is 2.09. The van der Waals surface area contributed by atoms with E-state index in [1.165, 1.54) is 11.8 Å². The molecule has 0 saturated carbocycles. The zero-order valence-electron chi connectivity index (χ0n) is 9.34. The van der Waals surface area contributed by atoms with Crippen LogP contribution in [0.4, 0.5) is 5.69 Å². The van der Waals surface area contributed by atoms with Crippen molar-refractivity contribution >= 4 is 17.4 Å². The van der Waals surface area contributed by atoms with Crippen LogP contribution in [-0.4, -0.2) is 4.98 Å². The Morgan fingerprint density at radius 3 is 2.82 bits per heavy atom. The maximum atomic E-state index is 9.08. The molecule has 0 bridgehead atoms. The third-order valence-corrected chi connectivity index (χ3v) is 3.61. The van der Waals surface area contributed by atoms with Crippen LogP contribution < -0.4 is 5.73 Å². The van der Waals surface area contributed by atoms with Crippen molar-refractivity contribution in [3.05, 3.63) is 47.7 Å². The minimum atomic E-state index is 0.629. The minimum Gasteiger partial charge on any atom is -0.397 e. The predicted molar refractivity (Wildman–Crippen MR) is 68.7 cm³/mol. The van der Waals surface area contributed by atoms with Crippen LogP contribution in [0.3, 0.4) is 0 Å². The second kappa shape index (κ2) is 4.89. The summed E-state index contributed by atoms with van der Waals surface area (Å²) in [6, 6.07) is 11.4. The molecular weight excluding hydrogens is 230 g/mol. The van der Waals surface area contributed by atoms with Gasteiger partial charge in [-0.05, 0) is 30.7 Å². The lowest BCUT2D eigenvalue weighted by atomic mass is 10.1. The number of aromatic nitrogens is 1. The fraction of sp³-hybridized carbons (Fsp3) is 0.0769.